The van der Waals surface area contributed by atoms with Crippen molar-refractivity contribution in [3.63, 3.8) is 0 Å². The van der Waals surface area contributed by atoms with Gasteiger partial charge in [-0.3, -0.25) is 15.0 Å². The van der Waals surface area contributed by atoms with Crippen LogP contribution in [0.2, 0.25) is 0 Å². The molecule has 3 aromatic rings. The van der Waals surface area contributed by atoms with Crippen molar-refractivity contribution >= 4 is 29.9 Å². The minimum absolute atomic E-state index is 0.0541. The average molecular weight is 571 g/mol. The van der Waals surface area contributed by atoms with Gasteiger partial charge in [0.15, 0.2) is 0 Å². The summed E-state index contributed by atoms with van der Waals surface area (Å²) in [6, 6.07) is 18.2. The predicted octanol–water partition coefficient (Wildman–Crippen LogP) is 2.85. The molecule has 0 fully saturated rings. The average Bonchev–Trinajstić information content (AvgIpc) is 2.95. The largest absolute Gasteiger partial charge is 0.491 e. The van der Waals surface area contributed by atoms with Crippen LogP contribution in [0.3, 0.4) is 0 Å². The molecule has 1 atom stereocenters. The number of para-hydroxylation sites is 1. The van der Waals surface area contributed by atoms with Crippen LogP contribution >= 0.6 is 0 Å². The molecule has 0 aliphatic carbocycles. The Morgan fingerprint density at radius 3 is 2.29 bits per heavy atom. The smallest absolute Gasteiger partial charge is 0.491 e. The summed E-state index contributed by atoms with van der Waals surface area (Å²) in [5.41, 5.74) is 6.50. The number of hydrogen-bond donors (Lipinski definition) is 4. The number of carbonyl (C=O) groups excluding carboxylic acids is 4. The van der Waals surface area contributed by atoms with E-state index in [2.05, 4.69) is 15.4 Å². The number of ether oxygens (including phenoxy) is 2. The SMILES string of the molecule is N=C(N)c1ccc(C(C=O)C(=O)NCc2ccccc2)c(OCCNC(=O)c2ccccc2OC(=O)C(F)(F)F)c1. The molecule has 5 N–H and O–H groups in total. The summed E-state index contributed by atoms with van der Waals surface area (Å²) in [5, 5.41) is 12.8. The Hall–Kier alpha value is -5.20. The van der Waals surface area contributed by atoms with Gasteiger partial charge in [-0.05, 0) is 23.8 Å². The molecule has 3 aromatic carbocycles. The van der Waals surface area contributed by atoms with Gasteiger partial charge in [-0.25, -0.2) is 4.79 Å². The van der Waals surface area contributed by atoms with Gasteiger partial charge >= 0.3 is 12.1 Å². The van der Waals surface area contributed by atoms with Crippen LogP contribution in [0.4, 0.5) is 13.2 Å². The molecule has 0 saturated heterocycles. The van der Waals surface area contributed by atoms with Crippen molar-refractivity contribution in [1.29, 1.82) is 5.41 Å². The standard InChI is InChI=1S/C28H25F3N4O6/c29-28(30,31)27(39)41-22-9-5-4-8-20(22)25(37)34-12-13-40-23-14-18(24(32)33)10-11-19(23)21(16-36)26(38)35-15-17-6-2-1-3-7-17/h1-11,14,16,21H,12-13,15H2,(H3,32,33)(H,34,37)(H,35,38). The number of hydrogen-bond acceptors (Lipinski definition) is 7. The maximum absolute atomic E-state index is 12.8. The zero-order valence-electron chi connectivity index (χ0n) is 21.4. The van der Waals surface area contributed by atoms with Crippen LogP contribution in [0.5, 0.6) is 11.5 Å². The summed E-state index contributed by atoms with van der Waals surface area (Å²) in [6.07, 6.45) is -4.81. The highest BCUT2D eigenvalue weighted by Gasteiger charge is 2.41. The van der Waals surface area contributed by atoms with Crippen LogP contribution < -0.4 is 25.8 Å². The van der Waals surface area contributed by atoms with Crippen molar-refractivity contribution in [3.05, 3.63) is 95.1 Å². The quantitative estimate of drug-likeness (QED) is 0.0495. The molecule has 0 heterocycles. The third-order valence-corrected chi connectivity index (χ3v) is 5.60. The van der Waals surface area contributed by atoms with Gasteiger partial charge in [-0.2, -0.15) is 13.2 Å². The van der Waals surface area contributed by atoms with Gasteiger partial charge < -0.3 is 30.6 Å². The Labute approximate surface area is 232 Å². The van der Waals surface area contributed by atoms with Crippen LogP contribution in [0.15, 0.2) is 72.8 Å². The van der Waals surface area contributed by atoms with Gasteiger partial charge in [0, 0.05) is 17.7 Å². The lowest BCUT2D eigenvalue weighted by molar-refractivity contribution is -0.189. The molecule has 1 unspecified atom stereocenters. The summed E-state index contributed by atoms with van der Waals surface area (Å²) in [7, 11) is 0. The van der Waals surface area contributed by atoms with Crippen LogP contribution in [0.1, 0.15) is 33.0 Å². The number of esters is 1. The van der Waals surface area contributed by atoms with E-state index in [-0.39, 0.29) is 48.0 Å². The van der Waals surface area contributed by atoms with E-state index in [4.69, 9.17) is 15.9 Å². The molecule has 214 valence electrons. The Balaban J connectivity index is 1.69. The van der Waals surface area contributed by atoms with Crippen molar-refractivity contribution in [3.8, 4) is 11.5 Å². The fraction of sp³-hybridized carbons (Fsp3) is 0.179. The Kier molecular flexibility index (Phi) is 10.2. The number of aldehydes is 1. The van der Waals surface area contributed by atoms with Crippen LogP contribution in [0.25, 0.3) is 0 Å². The summed E-state index contributed by atoms with van der Waals surface area (Å²) in [4.78, 5) is 48.5. The van der Waals surface area contributed by atoms with E-state index >= 15 is 0 Å². The van der Waals surface area contributed by atoms with Gasteiger partial charge in [0.05, 0.1) is 12.1 Å². The summed E-state index contributed by atoms with van der Waals surface area (Å²) in [6.45, 7) is -0.199. The molecule has 0 aliphatic rings. The number of amidine groups is 1. The molecule has 0 bridgehead atoms. The molecule has 0 saturated carbocycles. The predicted molar refractivity (Wildman–Crippen MR) is 141 cm³/mol. The number of benzene rings is 3. The molecule has 2 amide bonds. The van der Waals surface area contributed by atoms with Gasteiger partial charge in [-0.15, -0.1) is 0 Å². The number of rotatable bonds is 12. The zero-order valence-corrected chi connectivity index (χ0v) is 21.4. The lowest BCUT2D eigenvalue weighted by Crippen LogP contribution is -2.32. The number of alkyl halides is 3. The van der Waals surface area contributed by atoms with Crippen molar-refractivity contribution < 1.29 is 41.8 Å². The van der Waals surface area contributed by atoms with E-state index in [1.807, 2.05) is 6.07 Å². The third-order valence-electron chi connectivity index (χ3n) is 5.60. The van der Waals surface area contributed by atoms with E-state index in [9.17, 15) is 32.3 Å². The molecule has 3 rings (SSSR count). The first-order valence-corrected chi connectivity index (χ1v) is 12.1. The molecular weight excluding hydrogens is 545 g/mol. The minimum Gasteiger partial charge on any atom is -0.491 e. The molecule has 13 heteroatoms. The van der Waals surface area contributed by atoms with Gasteiger partial charge in [-0.1, -0.05) is 54.6 Å². The summed E-state index contributed by atoms with van der Waals surface area (Å²) >= 11 is 0. The second kappa shape index (κ2) is 13.7. The number of nitrogens with two attached hydrogens (primary N) is 1. The van der Waals surface area contributed by atoms with Crippen molar-refractivity contribution in [2.24, 2.45) is 5.73 Å². The topological polar surface area (TPSA) is 161 Å². The fourth-order valence-electron chi connectivity index (χ4n) is 3.58. The Morgan fingerprint density at radius 2 is 1.63 bits per heavy atom. The molecule has 0 radical (unpaired) electrons. The van der Waals surface area contributed by atoms with Crippen LogP contribution in [0, 0.1) is 5.41 Å². The first-order chi connectivity index (χ1) is 19.5. The number of nitrogen functional groups attached to an aromatic ring is 1. The Morgan fingerprint density at radius 1 is 0.951 bits per heavy atom. The number of halogens is 3. The third kappa shape index (κ3) is 8.39. The first kappa shape index (κ1) is 30.3. The van der Waals surface area contributed by atoms with Crippen molar-refractivity contribution in [2.45, 2.75) is 18.6 Å². The highest BCUT2D eigenvalue weighted by molar-refractivity contribution is 6.00. The van der Waals surface area contributed by atoms with E-state index in [1.54, 1.807) is 24.3 Å². The second-order valence-corrected chi connectivity index (χ2v) is 8.47. The minimum atomic E-state index is -5.25. The van der Waals surface area contributed by atoms with Crippen LogP contribution in [-0.2, 0) is 20.9 Å². The monoisotopic (exact) mass is 570 g/mol. The number of carbonyl (C=O) groups is 4. The number of nitrogens with one attached hydrogen (secondary N) is 3. The highest BCUT2D eigenvalue weighted by Crippen LogP contribution is 2.28. The lowest BCUT2D eigenvalue weighted by atomic mass is 9.96. The van der Waals surface area contributed by atoms with Crippen molar-refractivity contribution in [2.75, 3.05) is 13.2 Å². The van der Waals surface area contributed by atoms with E-state index in [0.717, 1.165) is 11.6 Å². The van der Waals surface area contributed by atoms with Gasteiger partial charge in [0.2, 0.25) is 5.91 Å². The maximum Gasteiger partial charge on any atom is 0.491 e. The molecule has 41 heavy (non-hydrogen) atoms. The fourth-order valence-corrected chi connectivity index (χ4v) is 3.58. The van der Waals surface area contributed by atoms with E-state index in [1.165, 1.54) is 36.4 Å². The summed E-state index contributed by atoms with van der Waals surface area (Å²) in [5.74, 6) is -6.00. The van der Waals surface area contributed by atoms with Gasteiger partial charge in [0.1, 0.15) is 36.1 Å². The highest BCUT2D eigenvalue weighted by atomic mass is 19.4. The molecule has 0 aliphatic heterocycles. The molecule has 10 nitrogen and oxygen atoms in total. The number of amides is 2. The molecule has 0 aromatic heterocycles. The van der Waals surface area contributed by atoms with Crippen molar-refractivity contribution in [1.82, 2.24) is 10.6 Å². The summed E-state index contributed by atoms with van der Waals surface area (Å²) < 4.78 is 47.8. The van der Waals surface area contributed by atoms with E-state index in [0.29, 0.717) is 6.29 Å². The van der Waals surface area contributed by atoms with Crippen LogP contribution in [-0.4, -0.2) is 49.2 Å². The van der Waals surface area contributed by atoms with E-state index < -0.39 is 35.6 Å². The molecule has 0 spiro atoms. The normalized spacial score (nSPS) is 11.6. The second-order valence-electron chi connectivity index (χ2n) is 8.47. The molecular formula is C28H25F3N4O6. The Bertz CT molecular complexity index is 1430. The zero-order chi connectivity index (χ0) is 30.0. The maximum atomic E-state index is 12.8. The lowest BCUT2D eigenvalue weighted by Gasteiger charge is -2.18. The first-order valence-electron chi connectivity index (χ1n) is 12.1. The van der Waals surface area contributed by atoms with Gasteiger partial charge in [0.25, 0.3) is 5.91 Å².